The Labute approximate surface area is 229 Å². The summed E-state index contributed by atoms with van der Waals surface area (Å²) in [5.41, 5.74) is 1.82. The molecule has 9 nitrogen and oxygen atoms in total. The topological polar surface area (TPSA) is 117 Å². The summed E-state index contributed by atoms with van der Waals surface area (Å²) in [5.74, 6) is -0.391. The summed E-state index contributed by atoms with van der Waals surface area (Å²) in [4.78, 5) is 28.1. The van der Waals surface area contributed by atoms with E-state index < -0.39 is 28.0 Å². The van der Waals surface area contributed by atoms with Gasteiger partial charge < -0.3 is 20.3 Å². The van der Waals surface area contributed by atoms with Gasteiger partial charge in [0.1, 0.15) is 6.04 Å². The van der Waals surface area contributed by atoms with Crippen LogP contribution in [0, 0.1) is 0 Å². The van der Waals surface area contributed by atoms with Crippen LogP contribution in [0.2, 0.25) is 0 Å². The van der Waals surface area contributed by atoms with Crippen LogP contribution in [0.25, 0.3) is 0 Å². The minimum Gasteiger partial charge on any atom is -0.378 e. The Morgan fingerprint density at radius 1 is 0.795 bits per heavy atom. The molecular formula is C29H34N4O5S. The third kappa shape index (κ3) is 8.64. The molecule has 0 spiro atoms. The molecule has 4 rings (SSSR count). The number of nitrogens with one attached hydrogen (secondary N) is 3. The van der Waals surface area contributed by atoms with Gasteiger partial charge in [0.2, 0.25) is 15.9 Å². The second-order valence-electron chi connectivity index (χ2n) is 9.36. The van der Waals surface area contributed by atoms with Crippen LogP contribution in [0.15, 0.2) is 95.9 Å². The second kappa shape index (κ2) is 13.9. The van der Waals surface area contributed by atoms with Gasteiger partial charge in [0, 0.05) is 32.1 Å². The van der Waals surface area contributed by atoms with E-state index in [9.17, 15) is 18.0 Å². The second-order valence-corrected chi connectivity index (χ2v) is 11.1. The SMILES string of the molecule is O=C(NCC(Cc1ccccc1)NS(=O)(=O)c1ccccc1)[C@H](Cc1ccccc1)NC(=O)N1CCOCC1. The molecule has 206 valence electrons. The molecule has 1 aliphatic rings. The number of urea groups is 1. The van der Waals surface area contributed by atoms with E-state index in [-0.39, 0.29) is 17.5 Å². The average Bonchev–Trinajstić information content (AvgIpc) is 2.97. The minimum absolute atomic E-state index is 0.0402. The summed E-state index contributed by atoms with van der Waals surface area (Å²) in [6.07, 6.45) is 0.665. The molecule has 1 aliphatic heterocycles. The number of hydrogen-bond donors (Lipinski definition) is 3. The molecule has 3 amide bonds. The monoisotopic (exact) mass is 550 g/mol. The fourth-order valence-electron chi connectivity index (χ4n) is 4.35. The van der Waals surface area contributed by atoms with Gasteiger partial charge >= 0.3 is 6.03 Å². The quantitative estimate of drug-likeness (QED) is 0.339. The maximum Gasteiger partial charge on any atom is 0.318 e. The zero-order chi connectivity index (χ0) is 27.5. The molecular weight excluding hydrogens is 516 g/mol. The highest BCUT2D eigenvalue weighted by Gasteiger charge is 2.27. The maximum atomic E-state index is 13.4. The first-order chi connectivity index (χ1) is 18.9. The molecule has 0 radical (unpaired) electrons. The van der Waals surface area contributed by atoms with E-state index in [2.05, 4.69) is 15.4 Å². The molecule has 0 aromatic heterocycles. The van der Waals surface area contributed by atoms with Gasteiger partial charge in [-0.3, -0.25) is 4.79 Å². The molecule has 2 atom stereocenters. The summed E-state index contributed by atoms with van der Waals surface area (Å²) in [5, 5.41) is 5.75. The molecule has 3 aromatic rings. The molecule has 10 heteroatoms. The highest BCUT2D eigenvalue weighted by molar-refractivity contribution is 7.89. The number of amides is 3. The first-order valence-electron chi connectivity index (χ1n) is 13.0. The Hall–Kier alpha value is -3.73. The standard InChI is InChI=1S/C29H34N4O5S/c34-28(27(21-24-12-6-2-7-13-24)31-29(35)33-16-18-38-19-17-33)30-22-25(20-23-10-4-1-5-11-23)32-39(36,37)26-14-8-3-9-15-26/h1-15,25,27,32H,16-22H2,(H,30,34)(H,31,35)/t25?,27-/m0/s1. The van der Waals surface area contributed by atoms with Gasteiger partial charge in [-0.1, -0.05) is 78.9 Å². The number of sulfonamides is 1. The number of hydrogen-bond acceptors (Lipinski definition) is 5. The first kappa shape index (κ1) is 28.3. The highest BCUT2D eigenvalue weighted by Crippen LogP contribution is 2.11. The van der Waals surface area contributed by atoms with Crippen molar-refractivity contribution < 1.29 is 22.7 Å². The van der Waals surface area contributed by atoms with E-state index in [0.29, 0.717) is 39.1 Å². The van der Waals surface area contributed by atoms with Crippen LogP contribution in [-0.2, 0) is 32.4 Å². The van der Waals surface area contributed by atoms with Crippen molar-refractivity contribution >= 4 is 22.0 Å². The molecule has 0 saturated carbocycles. The third-order valence-corrected chi connectivity index (χ3v) is 7.95. The average molecular weight is 551 g/mol. The molecule has 1 unspecified atom stereocenters. The number of rotatable bonds is 11. The van der Waals surface area contributed by atoms with Crippen molar-refractivity contribution in [1.82, 2.24) is 20.3 Å². The van der Waals surface area contributed by atoms with E-state index >= 15 is 0 Å². The van der Waals surface area contributed by atoms with E-state index in [0.717, 1.165) is 11.1 Å². The lowest BCUT2D eigenvalue weighted by atomic mass is 10.0. The Morgan fingerprint density at radius 2 is 1.33 bits per heavy atom. The van der Waals surface area contributed by atoms with Crippen LogP contribution >= 0.6 is 0 Å². The van der Waals surface area contributed by atoms with Gasteiger partial charge in [0.25, 0.3) is 0 Å². The number of morpholine rings is 1. The van der Waals surface area contributed by atoms with E-state index in [4.69, 9.17) is 4.74 Å². The molecule has 3 aromatic carbocycles. The Morgan fingerprint density at radius 3 is 1.92 bits per heavy atom. The van der Waals surface area contributed by atoms with Crippen LogP contribution in [0.3, 0.4) is 0 Å². The van der Waals surface area contributed by atoms with Gasteiger partial charge in [-0.05, 0) is 29.7 Å². The van der Waals surface area contributed by atoms with Crippen LogP contribution in [0.1, 0.15) is 11.1 Å². The number of nitrogens with zero attached hydrogens (tertiary/aromatic N) is 1. The first-order valence-corrected chi connectivity index (χ1v) is 14.4. The lowest BCUT2D eigenvalue weighted by molar-refractivity contribution is -0.123. The van der Waals surface area contributed by atoms with Crippen LogP contribution in [-0.4, -0.2) is 70.2 Å². The van der Waals surface area contributed by atoms with Crippen molar-refractivity contribution in [3.05, 3.63) is 102 Å². The highest BCUT2D eigenvalue weighted by atomic mass is 32.2. The minimum atomic E-state index is -3.82. The molecule has 1 saturated heterocycles. The van der Waals surface area contributed by atoms with Crippen LogP contribution < -0.4 is 15.4 Å². The Balaban J connectivity index is 1.48. The Kier molecular flexibility index (Phi) is 10.1. The molecule has 0 aliphatic carbocycles. The number of carbonyl (C=O) groups excluding carboxylic acids is 2. The molecule has 3 N–H and O–H groups in total. The molecule has 0 bridgehead atoms. The predicted molar refractivity (Wildman–Crippen MR) is 149 cm³/mol. The maximum absolute atomic E-state index is 13.4. The lowest BCUT2D eigenvalue weighted by Gasteiger charge is -2.29. The smallest absolute Gasteiger partial charge is 0.318 e. The van der Waals surface area contributed by atoms with Crippen molar-refractivity contribution in [2.24, 2.45) is 0 Å². The zero-order valence-electron chi connectivity index (χ0n) is 21.7. The third-order valence-electron chi connectivity index (χ3n) is 6.42. The fourth-order valence-corrected chi connectivity index (χ4v) is 5.61. The molecule has 1 heterocycles. The van der Waals surface area contributed by atoms with Crippen molar-refractivity contribution in [2.45, 2.75) is 29.8 Å². The largest absolute Gasteiger partial charge is 0.378 e. The van der Waals surface area contributed by atoms with E-state index in [1.807, 2.05) is 60.7 Å². The summed E-state index contributed by atoms with van der Waals surface area (Å²) in [6, 6.07) is 25.2. The normalized spacial score (nSPS) is 15.2. The van der Waals surface area contributed by atoms with Crippen molar-refractivity contribution in [3.8, 4) is 0 Å². The van der Waals surface area contributed by atoms with E-state index in [1.54, 1.807) is 23.1 Å². The summed E-state index contributed by atoms with van der Waals surface area (Å²) in [6.45, 7) is 1.84. The molecule has 39 heavy (non-hydrogen) atoms. The van der Waals surface area contributed by atoms with E-state index in [1.165, 1.54) is 12.1 Å². The summed E-state index contributed by atoms with van der Waals surface area (Å²) >= 11 is 0. The van der Waals surface area contributed by atoms with Crippen molar-refractivity contribution in [3.63, 3.8) is 0 Å². The van der Waals surface area contributed by atoms with Gasteiger partial charge in [-0.15, -0.1) is 0 Å². The van der Waals surface area contributed by atoms with Gasteiger partial charge in [-0.25, -0.2) is 17.9 Å². The van der Waals surface area contributed by atoms with Gasteiger partial charge in [0.05, 0.1) is 18.1 Å². The lowest BCUT2D eigenvalue weighted by Crippen LogP contribution is -2.55. The van der Waals surface area contributed by atoms with Crippen LogP contribution in [0.4, 0.5) is 4.79 Å². The fraction of sp³-hybridized carbons (Fsp3) is 0.310. The van der Waals surface area contributed by atoms with Crippen molar-refractivity contribution in [2.75, 3.05) is 32.8 Å². The Bertz CT molecular complexity index is 1300. The number of benzene rings is 3. The van der Waals surface area contributed by atoms with Gasteiger partial charge in [0.15, 0.2) is 0 Å². The number of carbonyl (C=O) groups is 2. The zero-order valence-corrected chi connectivity index (χ0v) is 22.5. The van der Waals surface area contributed by atoms with Gasteiger partial charge in [-0.2, -0.15) is 0 Å². The number of ether oxygens (including phenoxy) is 1. The van der Waals surface area contributed by atoms with Crippen molar-refractivity contribution in [1.29, 1.82) is 0 Å². The molecule has 1 fully saturated rings. The predicted octanol–water partition coefficient (Wildman–Crippen LogP) is 2.35. The summed E-state index contributed by atoms with van der Waals surface area (Å²) in [7, 11) is -3.82. The summed E-state index contributed by atoms with van der Waals surface area (Å²) < 4.78 is 34.2. The van der Waals surface area contributed by atoms with Crippen LogP contribution in [0.5, 0.6) is 0 Å².